The number of rotatable bonds is 8. The zero-order chi connectivity index (χ0) is 15.0. The Kier molecular flexibility index (Phi) is 6.94. The van der Waals surface area contributed by atoms with E-state index in [4.69, 9.17) is 9.84 Å². The molecule has 0 saturated heterocycles. The zero-order valence-corrected chi connectivity index (χ0v) is 11.9. The summed E-state index contributed by atoms with van der Waals surface area (Å²) >= 11 is 0. The van der Waals surface area contributed by atoms with Crippen LogP contribution in [0.15, 0.2) is 24.3 Å². The molecule has 0 amide bonds. The largest absolute Gasteiger partial charge is 0.478 e. The van der Waals surface area contributed by atoms with Crippen molar-refractivity contribution in [1.82, 2.24) is 0 Å². The highest BCUT2D eigenvalue weighted by atomic mass is 19.1. The minimum atomic E-state index is -1.10. The van der Waals surface area contributed by atoms with Gasteiger partial charge in [0.15, 0.2) is 0 Å². The van der Waals surface area contributed by atoms with Gasteiger partial charge >= 0.3 is 5.97 Å². The Labute approximate surface area is 119 Å². The molecule has 0 aliphatic carbocycles. The van der Waals surface area contributed by atoms with Gasteiger partial charge in [0.1, 0.15) is 5.82 Å². The number of hydrogen-bond acceptors (Lipinski definition) is 2. The smallest absolute Gasteiger partial charge is 0.328 e. The third kappa shape index (κ3) is 6.48. The van der Waals surface area contributed by atoms with Crippen LogP contribution < -0.4 is 0 Å². The highest BCUT2D eigenvalue weighted by Gasteiger charge is 2.02. The molecule has 110 valence electrons. The van der Waals surface area contributed by atoms with Crippen LogP contribution in [0.25, 0.3) is 6.08 Å². The molecule has 0 atom stereocenters. The van der Waals surface area contributed by atoms with Gasteiger partial charge in [0.25, 0.3) is 0 Å². The minimum Gasteiger partial charge on any atom is -0.478 e. The number of aliphatic carboxylic acids is 1. The van der Waals surface area contributed by atoms with Gasteiger partial charge in [-0.1, -0.05) is 19.9 Å². The number of carboxylic acid groups (broad SMARTS) is 1. The van der Waals surface area contributed by atoms with Crippen LogP contribution in [-0.2, 0) is 16.1 Å². The number of halogens is 1. The molecule has 3 nitrogen and oxygen atoms in total. The summed E-state index contributed by atoms with van der Waals surface area (Å²) < 4.78 is 19.0. The number of carboxylic acids is 1. The predicted octanol–water partition coefficient (Wildman–Crippen LogP) is 3.88. The van der Waals surface area contributed by atoms with Crippen LogP contribution in [-0.4, -0.2) is 17.7 Å². The second-order valence-corrected chi connectivity index (χ2v) is 5.12. The maximum Gasteiger partial charge on any atom is 0.328 e. The molecule has 1 N–H and O–H groups in total. The fourth-order valence-corrected chi connectivity index (χ4v) is 1.76. The average molecular weight is 280 g/mol. The number of ether oxygens (including phenoxy) is 1. The first kappa shape index (κ1) is 16.4. The van der Waals surface area contributed by atoms with E-state index in [1.165, 1.54) is 12.1 Å². The third-order valence-corrected chi connectivity index (χ3v) is 2.80. The summed E-state index contributed by atoms with van der Waals surface area (Å²) in [5.41, 5.74) is 1.09. The standard InChI is InChI=1S/C16H21FO3/c1-12(2)4-3-9-20-11-13-5-7-15(17)14(10-13)6-8-16(18)19/h5-8,10,12H,3-4,9,11H2,1-2H3,(H,18,19). The summed E-state index contributed by atoms with van der Waals surface area (Å²) in [5, 5.41) is 8.55. The van der Waals surface area contributed by atoms with Crippen LogP contribution in [0.2, 0.25) is 0 Å². The molecule has 0 fully saturated rings. The molecule has 20 heavy (non-hydrogen) atoms. The van der Waals surface area contributed by atoms with Gasteiger partial charge < -0.3 is 9.84 Å². The van der Waals surface area contributed by atoms with Crippen molar-refractivity contribution in [1.29, 1.82) is 0 Å². The first-order valence-electron chi connectivity index (χ1n) is 6.76. The molecular formula is C16H21FO3. The summed E-state index contributed by atoms with van der Waals surface area (Å²) in [6.07, 6.45) is 4.30. The molecule has 0 aromatic heterocycles. The fraction of sp³-hybridized carbons (Fsp3) is 0.438. The Balaban J connectivity index is 2.50. The maximum atomic E-state index is 13.5. The molecule has 0 spiro atoms. The van der Waals surface area contributed by atoms with Gasteiger partial charge in [-0.2, -0.15) is 0 Å². The summed E-state index contributed by atoms with van der Waals surface area (Å²) in [4.78, 5) is 10.4. The van der Waals surface area contributed by atoms with Gasteiger partial charge in [-0.15, -0.1) is 0 Å². The second kappa shape index (κ2) is 8.48. The van der Waals surface area contributed by atoms with E-state index >= 15 is 0 Å². The molecule has 0 aliphatic heterocycles. The van der Waals surface area contributed by atoms with E-state index in [1.54, 1.807) is 12.1 Å². The van der Waals surface area contributed by atoms with Crippen molar-refractivity contribution in [2.24, 2.45) is 5.92 Å². The lowest BCUT2D eigenvalue weighted by atomic mass is 10.1. The number of hydrogen-bond donors (Lipinski definition) is 1. The Hall–Kier alpha value is -1.68. The number of benzene rings is 1. The fourth-order valence-electron chi connectivity index (χ4n) is 1.76. The molecule has 1 aromatic rings. The van der Waals surface area contributed by atoms with Crippen LogP contribution in [0.3, 0.4) is 0 Å². The molecular weight excluding hydrogens is 259 g/mol. The number of carbonyl (C=O) groups is 1. The van der Waals surface area contributed by atoms with Crippen molar-refractivity contribution in [3.05, 3.63) is 41.2 Å². The molecule has 0 bridgehead atoms. The van der Waals surface area contributed by atoms with E-state index < -0.39 is 11.8 Å². The van der Waals surface area contributed by atoms with Gasteiger partial charge in [0.2, 0.25) is 0 Å². The third-order valence-electron chi connectivity index (χ3n) is 2.80. The molecule has 0 saturated carbocycles. The van der Waals surface area contributed by atoms with Gasteiger partial charge in [0, 0.05) is 18.2 Å². The monoisotopic (exact) mass is 280 g/mol. The normalized spacial score (nSPS) is 11.4. The topological polar surface area (TPSA) is 46.5 Å². The van der Waals surface area contributed by atoms with Gasteiger partial charge in [0.05, 0.1) is 6.61 Å². The van der Waals surface area contributed by atoms with Crippen LogP contribution >= 0.6 is 0 Å². The van der Waals surface area contributed by atoms with E-state index in [9.17, 15) is 9.18 Å². The van der Waals surface area contributed by atoms with E-state index in [0.29, 0.717) is 19.1 Å². The lowest BCUT2D eigenvalue weighted by Gasteiger charge is -2.07. The molecule has 4 heteroatoms. The van der Waals surface area contributed by atoms with Crippen LogP contribution in [0.1, 0.15) is 37.8 Å². The Morgan fingerprint density at radius 1 is 1.45 bits per heavy atom. The lowest BCUT2D eigenvalue weighted by Crippen LogP contribution is -1.98. The van der Waals surface area contributed by atoms with Crippen molar-refractivity contribution in [3.63, 3.8) is 0 Å². The van der Waals surface area contributed by atoms with E-state index in [1.807, 2.05) is 0 Å². The van der Waals surface area contributed by atoms with Gasteiger partial charge in [-0.25, -0.2) is 9.18 Å². The Bertz CT molecular complexity index is 467. The average Bonchev–Trinajstić information content (AvgIpc) is 2.38. The molecule has 0 aliphatic rings. The van der Waals surface area contributed by atoms with Gasteiger partial charge in [-0.05, 0) is 42.5 Å². The second-order valence-electron chi connectivity index (χ2n) is 5.12. The Morgan fingerprint density at radius 2 is 2.20 bits per heavy atom. The predicted molar refractivity (Wildman–Crippen MR) is 76.8 cm³/mol. The SMILES string of the molecule is CC(C)CCCOCc1ccc(F)c(C=CC(=O)O)c1. The van der Waals surface area contributed by atoms with Gasteiger partial charge in [-0.3, -0.25) is 0 Å². The summed E-state index contributed by atoms with van der Waals surface area (Å²) in [6, 6.07) is 4.58. The Morgan fingerprint density at radius 3 is 2.85 bits per heavy atom. The van der Waals surface area contributed by atoms with Crippen molar-refractivity contribution in [3.8, 4) is 0 Å². The van der Waals surface area contributed by atoms with E-state index in [-0.39, 0.29) is 5.56 Å². The maximum absolute atomic E-state index is 13.5. The zero-order valence-electron chi connectivity index (χ0n) is 11.9. The van der Waals surface area contributed by atoms with Crippen LogP contribution in [0.5, 0.6) is 0 Å². The summed E-state index contributed by atoms with van der Waals surface area (Å²) in [6.45, 7) is 5.42. The van der Waals surface area contributed by atoms with E-state index in [2.05, 4.69) is 13.8 Å². The molecule has 0 radical (unpaired) electrons. The van der Waals surface area contributed by atoms with Crippen molar-refractivity contribution in [2.75, 3.05) is 6.61 Å². The highest BCUT2D eigenvalue weighted by Crippen LogP contribution is 2.14. The summed E-state index contributed by atoms with van der Waals surface area (Å²) in [5.74, 6) is -0.872. The summed E-state index contributed by atoms with van der Waals surface area (Å²) in [7, 11) is 0. The van der Waals surface area contributed by atoms with E-state index in [0.717, 1.165) is 24.5 Å². The molecule has 0 unspecified atom stereocenters. The molecule has 1 aromatic carbocycles. The first-order chi connectivity index (χ1) is 9.49. The molecule has 0 heterocycles. The van der Waals surface area contributed by atoms with Crippen LogP contribution in [0.4, 0.5) is 4.39 Å². The highest BCUT2D eigenvalue weighted by molar-refractivity contribution is 5.85. The van der Waals surface area contributed by atoms with Crippen molar-refractivity contribution >= 4 is 12.0 Å². The minimum absolute atomic E-state index is 0.260. The lowest BCUT2D eigenvalue weighted by molar-refractivity contribution is -0.131. The first-order valence-corrected chi connectivity index (χ1v) is 6.76. The quantitative estimate of drug-likeness (QED) is 0.580. The van der Waals surface area contributed by atoms with Crippen LogP contribution in [0, 0.1) is 11.7 Å². The van der Waals surface area contributed by atoms with Crippen molar-refractivity contribution in [2.45, 2.75) is 33.3 Å². The molecule has 1 rings (SSSR count). The van der Waals surface area contributed by atoms with Crippen molar-refractivity contribution < 1.29 is 19.0 Å².